The van der Waals surface area contributed by atoms with Gasteiger partial charge >= 0.3 is 0 Å². The number of aromatic nitrogens is 1. The van der Waals surface area contributed by atoms with E-state index in [-0.39, 0.29) is 12.5 Å². The number of nitrogens with zero attached hydrogens (tertiary/aromatic N) is 1. The Morgan fingerprint density at radius 3 is 2.37 bits per heavy atom. The van der Waals surface area contributed by atoms with Crippen LogP contribution in [-0.4, -0.2) is 31.7 Å². The van der Waals surface area contributed by atoms with Gasteiger partial charge in [-0.15, -0.1) is 0 Å². The predicted octanol–water partition coefficient (Wildman–Crippen LogP) is 4.45. The van der Waals surface area contributed by atoms with Crippen LogP contribution in [0.5, 0.6) is 17.2 Å². The fourth-order valence-electron chi connectivity index (χ4n) is 2.59. The summed E-state index contributed by atoms with van der Waals surface area (Å²) in [6, 6.07) is 11.4. The van der Waals surface area contributed by atoms with Crippen molar-refractivity contribution in [2.24, 2.45) is 0 Å². The molecule has 0 saturated carbocycles. The van der Waals surface area contributed by atoms with E-state index in [0.29, 0.717) is 33.8 Å². The number of hydrogen-bond donors (Lipinski definition) is 1. The molecule has 0 aliphatic rings. The highest BCUT2D eigenvalue weighted by molar-refractivity contribution is 7.22. The van der Waals surface area contributed by atoms with Gasteiger partial charge in [0.25, 0.3) is 5.91 Å². The maximum absolute atomic E-state index is 12.2. The first kappa shape index (κ1) is 19.0. The molecule has 1 heterocycles. The number of rotatable bonds is 7. The minimum atomic E-state index is -0.278. The number of methoxy groups -OCH3 is 2. The molecule has 1 N–H and O–H groups in total. The molecule has 2 aromatic carbocycles. The summed E-state index contributed by atoms with van der Waals surface area (Å²) < 4.78 is 17.1. The summed E-state index contributed by atoms with van der Waals surface area (Å²) in [7, 11) is 3.18. The molecule has 0 unspecified atom stereocenters. The summed E-state index contributed by atoms with van der Waals surface area (Å²) in [6.45, 7) is 4.17. The second-order valence-corrected chi connectivity index (χ2v) is 7.23. The maximum Gasteiger partial charge on any atom is 0.264 e. The van der Waals surface area contributed by atoms with E-state index < -0.39 is 0 Å². The first-order valence-corrected chi connectivity index (χ1v) is 9.37. The van der Waals surface area contributed by atoms with Gasteiger partial charge in [0, 0.05) is 0 Å². The number of carbonyl (C=O) groups is 1. The Morgan fingerprint density at radius 2 is 1.74 bits per heavy atom. The Hall–Kier alpha value is -2.80. The van der Waals surface area contributed by atoms with Crippen molar-refractivity contribution in [2.45, 2.75) is 19.8 Å². The van der Waals surface area contributed by atoms with Gasteiger partial charge in [0.05, 0.1) is 14.2 Å². The lowest BCUT2D eigenvalue weighted by molar-refractivity contribution is -0.118. The molecule has 0 aliphatic carbocycles. The molecule has 0 saturated heterocycles. The van der Waals surface area contributed by atoms with Crippen molar-refractivity contribution in [1.82, 2.24) is 4.98 Å². The minimum Gasteiger partial charge on any atom is -0.495 e. The van der Waals surface area contributed by atoms with Gasteiger partial charge in [0.15, 0.2) is 11.7 Å². The molecule has 3 aromatic rings. The summed E-state index contributed by atoms with van der Waals surface area (Å²) in [5, 5.41) is 3.24. The maximum atomic E-state index is 12.2. The van der Waals surface area contributed by atoms with Gasteiger partial charge in [-0.2, -0.15) is 0 Å². The van der Waals surface area contributed by atoms with E-state index in [9.17, 15) is 4.79 Å². The normalized spacial score (nSPS) is 10.9. The molecule has 3 rings (SSSR count). The summed E-state index contributed by atoms with van der Waals surface area (Å²) in [6.07, 6.45) is 0. The number of nitrogens with one attached hydrogen (secondary N) is 1. The Morgan fingerprint density at radius 1 is 1.07 bits per heavy atom. The molecule has 0 spiro atoms. The number of fused-ring (bicyclic) bond motifs is 1. The molecule has 142 valence electrons. The Bertz CT molecular complexity index is 894. The van der Waals surface area contributed by atoms with Crippen LogP contribution in [0, 0.1) is 0 Å². The first-order valence-electron chi connectivity index (χ1n) is 8.56. The minimum absolute atomic E-state index is 0.0920. The lowest BCUT2D eigenvalue weighted by Gasteiger charge is -2.08. The average Bonchev–Trinajstić information content (AvgIpc) is 3.09. The van der Waals surface area contributed by atoms with Crippen LogP contribution in [0.1, 0.15) is 25.3 Å². The van der Waals surface area contributed by atoms with Crippen molar-refractivity contribution in [2.75, 3.05) is 26.1 Å². The van der Waals surface area contributed by atoms with Gasteiger partial charge < -0.3 is 14.2 Å². The van der Waals surface area contributed by atoms with E-state index in [0.717, 1.165) is 4.70 Å². The third-order valence-corrected chi connectivity index (χ3v) is 5.06. The van der Waals surface area contributed by atoms with Crippen LogP contribution in [0.2, 0.25) is 0 Å². The fraction of sp³-hybridized carbons (Fsp3) is 0.300. The molecule has 0 atom stereocenters. The van der Waals surface area contributed by atoms with Gasteiger partial charge in [0.1, 0.15) is 27.5 Å². The highest BCUT2D eigenvalue weighted by atomic mass is 32.1. The third kappa shape index (κ3) is 4.31. The first-order chi connectivity index (χ1) is 13.0. The highest BCUT2D eigenvalue weighted by Gasteiger charge is 2.15. The molecule has 6 nitrogen and oxygen atoms in total. The van der Waals surface area contributed by atoms with Crippen molar-refractivity contribution in [3.63, 3.8) is 0 Å². The molecule has 0 bridgehead atoms. The van der Waals surface area contributed by atoms with E-state index >= 15 is 0 Å². The van der Waals surface area contributed by atoms with Gasteiger partial charge in [-0.25, -0.2) is 4.98 Å². The molecule has 7 heteroatoms. The lowest BCUT2D eigenvalue weighted by atomic mass is 10.0. The molecule has 0 aliphatic heterocycles. The zero-order chi connectivity index (χ0) is 19.4. The Labute approximate surface area is 162 Å². The van der Waals surface area contributed by atoms with Crippen LogP contribution < -0.4 is 19.5 Å². The zero-order valence-corrected chi connectivity index (χ0v) is 16.6. The number of benzene rings is 2. The molecule has 0 fully saturated rings. The third-order valence-electron chi connectivity index (χ3n) is 4.07. The molecule has 0 radical (unpaired) electrons. The summed E-state index contributed by atoms with van der Waals surface area (Å²) in [5.41, 5.74) is 1.88. The Balaban J connectivity index is 1.67. The van der Waals surface area contributed by atoms with E-state index in [4.69, 9.17) is 14.2 Å². The molecule has 27 heavy (non-hydrogen) atoms. The van der Waals surface area contributed by atoms with Crippen LogP contribution in [0.4, 0.5) is 5.13 Å². The Kier molecular flexibility index (Phi) is 5.81. The second kappa shape index (κ2) is 8.26. The zero-order valence-electron chi connectivity index (χ0n) is 15.7. The largest absolute Gasteiger partial charge is 0.495 e. The number of anilines is 1. The van der Waals surface area contributed by atoms with Crippen LogP contribution in [0.25, 0.3) is 10.2 Å². The van der Waals surface area contributed by atoms with E-state index in [1.54, 1.807) is 20.3 Å². The quantitative estimate of drug-likeness (QED) is 0.649. The lowest BCUT2D eigenvalue weighted by Crippen LogP contribution is -2.20. The number of ether oxygens (including phenoxy) is 3. The van der Waals surface area contributed by atoms with Crippen molar-refractivity contribution in [1.29, 1.82) is 0 Å². The van der Waals surface area contributed by atoms with Crippen molar-refractivity contribution in [3.8, 4) is 17.2 Å². The topological polar surface area (TPSA) is 69.7 Å². The molecular weight excluding hydrogens is 364 g/mol. The molecular formula is C20H22N2O4S. The van der Waals surface area contributed by atoms with E-state index in [1.165, 1.54) is 16.9 Å². The van der Waals surface area contributed by atoms with E-state index in [1.807, 2.05) is 30.3 Å². The van der Waals surface area contributed by atoms with Gasteiger partial charge in [-0.05, 0) is 35.7 Å². The van der Waals surface area contributed by atoms with Crippen molar-refractivity contribution >= 4 is 32.6 Å². The van der Waals surface area contributed by atoms with Gasteiger partial charge in [0.2, 0.25) is 0 Å². The van der Waals surface area contributed by atoms with Crippen LogP contribution >= 0.6 is 11.3 Å². The van der Waals surface area contributed by atoms with E-state index in [2.05, 4.69) is 24.1 Å². The molecule has 1 amide bonds. The summed E-state index contributed by atoms with van der Waals surface area (Å²) in [5.74, 6) is 2.15. The summed E-state index contributed by atoms with van der Waals surface area (Å²) >= 11 is 1.33. The number of carbonyl (C=O) groups excluding carboxylic acids is 1. The van der Waals surface area contributed by atoms with Gasteiger partial charge in [-0.1, -0.05) is 37.3 Å². The number of thiazole rings is 1. The number of hydrogen-bond acceptors (Lipinski definition) is 6. The predicted molar refractivity (Wildman–Crippen MR) is 107 cm³/mol. The van der Waals surface area contributed by atoms with Crippen molar-refractivity contribution in [3.05, 3.63) is 42.0 Å². The molecule has 1 aromatic heterocycles. The smallest absolute Gasteiger partial charge is 0.264 e. The number of amides is 1. The fourth-order valence-corrected chi connectivity index (χ4v) is 3.58. The van der Waals surface area contributed by atoms with Crippen LogP contribution in [0.15, 0.2) is 36.4 Å². The average molecular weight is 386 g/mol. The van der Waals surface area contributed by atoms with Gasteiger partial charge in [-0.3, -0.25) is 10.1 Å². The summed E-state index contributed by atoms with van der Waals surface area (Å²) in [4.78, 5) is 16.7. The SMILES string of the molecule is COc1ccc(OC)c2sc(NC(=O)COc3ccc(C(C)C)cc3)nc12. The second-order valence-electron chi connectivity index (χ2n) is 6.23. The monoisotopic (exact) mass is 386 g/mol. The standard InChI is InChI=1S/C20H22N2O4S/c1-12(2)13-5-7-14(8-6-13)26-11-17(23)21-20-22-18-15(24-3)9-10-16(25-4)19(18)27-20/h5-10,12H,11H2,1-4H3,(H,21,22,23). The highest BCUT2D eigenvalue weighted by Crippen LogP contribution is 2.38. The van der Waals surface area contributed by atoms with Crippen molar-refractivity contribution < 1.29 is 19.0 Å². The van der Waals surface area contributed by atoms with Crippen LogP contribution in [-0.2, 0) is 4.79 Å². The van der Waals surface area contributed by atoms with Crippen LogP contribution in [0.3, 0.4) is 0 Å².